The van der Waals surface area contributed by atoms with Crippen molar-refractivity contribution in [3.63, 3.8) is 0 Å². The standard InChI is InChI=1S/C15H19N3O4/c1-4-22-15(21)8-18(7-14(19)20)13-6-12-11(5-9(13)2)10(3)16-17-12/h5-6H,4,7-8H2,1-3H3,(H,16,17)(H,19,20). The molecule has 0 amide bonds. The van der Waals surface area contributed by atoms with E-state index in [9.17, 15) is 9.59 Å². The largest absolute Gasteiger partial charge is 0.480 e. The van der Waals surface area contributed by atoms with E-state index >= 15 is 0 Å². The van der Waals surface area contributed by atoms with E-state index in [2.05, 4.69) is 10.2 Å². The summed E-state index contributed by atoms with van der Waals surface area (Å²) in [4.78, 5) is 24.3. The number of rotatable bonds is 6. The molecular formula is C15H19N3O4. The number of aliphatic carboxylic acids is 1. The van der Waals surface area contributed by atoms with Crippen molar-refractivity contribution in [2.45, 2.75) is 20.8 Å². The molecule has 0 aliphatic rings. The lowest BCUT2D eigenvalue weighted by Crippen LogP contribution is -2.35. The Kier molecular flexibility index (Phi) is 4.65. The predicted octanol–water partition coefficient (Wildman–Crippen LogP) is 1.63. The summed E-state index contributed by atoms with van der Waals surface area (Å²) in [6.07, 6.45) is 0. The lowest BCUT2D eigenvalue weighted by molar-refractivity contribution is -0.141. The van der Waals surface area contributed by atoms with Crippen LogP contribution in [0.1, 0.15) is 18.2 Å². The van der Waals surface area contributed by atoms with E-state index in [0.29, 0.717) is 5.69 Å². The Morgan fingerprint density at radius 1 is 1.32 bits per heavy atom. The first kappa shape index (κ1) is 15.8. The molecule has 1 heterocycles. The molecule has 0 saturated carbocycles. The Bertz CT molecular complexity index is 708. The fraction of sp³-hybridized carbons (Fsp3) is 0.400. The highest BCUT2D eigenvalue weighted by Gasteiger charge is 2.18. The number of H-pyrrole nitrogens is 1. The van der Waals surface area contributed by atoms with Crippen molar-refractivity contribution < 1.29 is 19.4 Å². The van der Waals surface area contributed by atoms with Crippen LogP contribution in [0.3, 0.4) is 0 Å². The molecule has 1 aromatic heterocycles. The van der Waals surface area contributed by atoms with Gasteiger partial charge in [0.05, 0.1) is 17.8 Å². The Morgan fingerprint density at radius 2 is 2.05 bits per heavy atom. The topological polar surface area (TPSA) is 95.5 Å². The molecule has 0 atom stereocenters. The van der Waals surface area contributed by atoms with Crippen molar-refractivity contribution in [3.05, 3.63) is 23.4 Å². The van der Waals surface area contributed by atoms with Crippen LogP contribution in [0.4, 0.5) is 5.69 Å². The van der Waals surface area contributed by atoms with Crippen molar-refractivity contribution in [1.29, 1.82) is 0 Å². The quantitative estimate of drug-likeness (QED) is 0.788. The van der Waals surface area contributed by atoms with Crippen LogP contribution < -0.4 is 4.90 Å². The van der Waals surface area contributed by atoms with E-state index in [1.54, 1.807) is 6.92 Å². The number of carbonyl (C=O) groups excluding carboxylic acids is 1. The number of anilines is 1. The van der Waals surface area contributed by atoms with Gasteiger partial charge in [-0.1, -0.05) is 0 Å². The second kappa shape index (κ2) is 6.46. The molecule has 0 bridgehead atoms. The van der Waals surface area contributed by atoms with E-state index in [4.69, 9.17) is 9.84 Å². The summed E-state index contributed by atoms with van der Waals surface area (Å²) in [6.45, 7) is 5.35. The van der Waals surface area contributed by atoms with Crippen molar-refractivity contribution >= 4 is 28.5 Å². The van der Waals surface area contributed by atoms with Gasteiger partial charge in [0.25, 0.3) is 0 Å². The third kappa shape index (κ3) is 3.36. The molecule has 22 heavy (non-hydrogen) atoms. The predicted molar refractivity (Wildman–Crippen MR) is 82.0 cm³/mol. The SMILES string of the molecule is CCOC(=O)CN(CC(=O)O)c1cc2[nH]nc(C)c2cc1C. The normalized spacial score (nSPS) is 10.7. The molecular weight excluding hydrogens is 286 g/mol. The summed E-state index contributed by atoms with van der Waals surface area (Å²) in [5, 5.41) is 17.1. The second-order valence-electron chi connectivity index (χ2n) is 5.05. The number of esters is 1. The minimum Gasteiger partial charge on any atom is -0.480 e. The van der Waals surface area contributed by atoms with Crippen LogP contribution in [-0.4, -0.2) is 46.9 Å². The highest BCUT2D eigenvalue weighted by Crippen LogP contribution is 2.27. The second-order valence-corrected chi connectivity index (χ2v) is 5.05. The Morgan fingerprint density at radius 3 is 2.68 bits per heavy atom. The van der Waals surface area contributed by atoms with Crippen LogP contribution in [0.2, 0.25) is 0 Å². The van der Waals surface area contributed by atoms with Gasteiger partial charge >= 0.3 is 11.9 Å². The minimum atomic E-state index is -1.01. The molecule has 2 N–H and O–H groups in total. The van der Waals surface area contributed by atoms with E-state index < -0.39 is 11.9 Å². The number of ether oxygens (including phenoxy) is 1. The maximum absolute atomic E-state index is 11.7. The van der Waals surface area contributed by atoms with Crippen LogP contribution in [0, 0.1) is 13.8 Å². The monoisotopic (exact) mass is 305 g/mol. The summed E-state index contributed by atoms with van der Waals surface area (Å²) in [5.41, 5.74) is 3.23. The highest BCUT2D eigenvalue weighted by molar-refractivity contribution is 5.88. The average molecular weight is 305 g/mol. The van der Waals surface area contributed by atoms with Gasteiger partial charge in [-0.3, -0.25) is 14.7 Å². The number of hydrogen-bond acceptors (Lipinski definition) is 5. The van der Waals surface area contributed by atoms with Gasteiger partial charge in [-0.2, -0.15) is 5.10 Å². The third-order valence-corrected chi connectivity index (χ3v) is 3.36. The zero-order valence-electron chi connectivity index (χ0n) is 12.8. The van der Waals surface area contributed by atoms with Gasteiger partial charge in [0.2, 0.25) is 0 Å². The average Bonchev–Trinajstić information content (AvgIpc) is 2.78. The Balaban J connectivity index is 2.39. The first-order valence-electron chi connectivity index (χ1n) is 7.00. The molecule has 0 spiro atoms. The number of fused-ring (bicyclic) bond motifs is 1. The van der Waals surface area contributed by atoms with E-state index in [0.717, 1.165) is 22.2 Å². The van der Waals surface area contributed by atoms with Crippen LogP contribution in [0.5, 0.6) is 0 Å². The van der Waals surface area contributed by atoms with Crippen molar-refractivity contribution in [3.8, 4) is 0 Å². The summed E-state index contributed by atoms with van der Waals surface area (Å²) < 4.78 is 4.91. The van der Waals surface area contributed by atoms with Crippen LogP contribution in [-0.2, 0) is 14.3 Å². The third-order valence-electron chi connectivity index (χ3n) is 3.36. The molecule has 0 radical (unpaired) electrons. The number of aryl methyl sites for hydroxylation is 2. The van der Waals surface area contributed by atoms with Crippen LogP contribution in [0.15, 0.2) is 12.1 Å². The maximum Gasteiger partial charge on any atom is 0.325 e. The number of carboxylic acids is 1. The lowest BCUT2D eigenvalue weighted by Gasteiger charge is -2.23. The van der Waals surface area contributed by atoms with Gasteiger partial charge in [0.15, 0.2) is 0 Å². The van der Waals surface area contributed by atoms with E-state index in [1.807, 2.05) is 26.0 Å². The molecule has 2 rings (SSSR count). The molecule has 7 nitrogen and oxygen atoms in total. The molecule has 0 aliphatic heterocycles. The van der Waals surface area contributed by atoms with Crippen molar-refractivity contribution in [1.82, 2.24) is 10.2 Å². The molecule has 0 saturated heterocycles. The zero-order chi connectivity index (χ0) is 16.3. The molecule has 2 aromatic rings. The summed E-state index contributed by atoms with van der Waals surface area (Å²) >= 11 is 0. The Hall–Kier alpha value is -2.57. The van der Waals surface area contributed by atoms with E-state index in [1.165, 1.54) is 4.90 Å². The Labute approximate surface area is 127 Å². The number of benzene rings is 1. The summed E-state index contributed by atoms with van der Waals surface area (Å²) in [7, 11) is 0. The smallest absolute Gasteiger partial charge is 0.325 e. The summed E-state index contributed by atoms with van der Waals surface area (Å²) in [5.74, 6) is -1.46. The van der Waals surface area contributed by atoms with Crippen molar-refractivity contribution in [2.75, 3.05) is 24.6 Å². The molecule has 1 aromatic carbocycles. The number of carbonyl (C=O) groups is 2. The fourth-order valence-corrected chi connectivity index (χ4v) is 2.39. The number of nitrogens with zero attached hydrogens (tertiary/aromatic N) is 2. The van der Waals surface area contributed by atoms with Gasteiger partial charge in [0.1, 0.15) is 13.1 Å². The van der Waals surface area contributed by atoms with Crippen LogP contribution in [0.25, 0.3) is 10.9 Å². The number of nitrogens with one attached hydrogen (secondary N) is 1. The molecule has 0 aliphatic carbocycles. The molecule has 118 valence electrons. The minimum absolute atomic E-state index is 0.112. The number of aromatic amines is 1. The first-order valence-corrected chi connectivity index (χ1v) is 7.00. The van der Waals surface area contributed by atoms with Crippen LogP contribution >= 0.6 is 0 Å². The maximum atomic E-state index is 11.7. The number of carboxylic acid groups (broad SMARTS) is 1. The van der Waals surface area contributed by atoms with E-state index in [-0.39, 0.29) is 19.7 Å². The van der Waals surface area contributed by atoms with Gasteiger partial charge in [-0.05, 0) is 38.5 Å². The zero-order valence-corrected chi connectivity index (χ0v) is 12.8. The lowest BCUT2D eigenvalue weighted by atomic mass is 10.1. The molecule has 0 unspecified atom stereocenters. The number of hydrogen-bond donors (Lipinski definition) is 2. The van der Waals surface area contributed by atoms with Crippen molar-refractivity contribution in [2.24, 2.45) is 0 Å². The first-order chi connectivity index (χ1) is 10.4. The number of aromatic nitrogens is 2. The van der Waals surface area contributed by atoms with Gasteiger partial charge in [0, 0.05) is 11.1 Å². The highest BCUT2D eigenvalue weighted by atomic mass is 16.5. The summed E-state index contributed by atoms with van der Waals surface area (Å²) in [6, 6.07) is 3.75. The van der Waals surface area contributed by atoms with Gasteiger partial charge < -0.3 is 14.7 Å². The fourth-order valence-electron chi connectivity index (χ4n) is 2.39. The van der Waals surface area contributed by atoms with Gasteiger partial charge in [-0.15, -0.1) is 0 Å². The molecule has 0 fully saturated rings. The van der Waals surface area contributed by atoms with Gasteiger partial charge in [-0.25, -0.2) is 0 Å². The molecule has 7 heteroatoms.